The number of ether oxygens (including phenoxy) is 1. The van der Waals surface area contributed by atoms with Gasteiger partial charge < -0.3 is 10.1 Å². The summed E-state index contributed by atoms with van der Waals surface area (Å²) in [5.74, 6) is 1.92. The Morgan fingerprint density at radius 2 is 1.78 bits per heavy atom. The summed E-state index contributed by atoms with van der Waals surface area (Å²) in [5.41, 5.74) is 3.66. The molecule has 166 valence electrons. The third-order valence-corrected chi connectivity index (χ3v) is 6.69. The number of hydrogen-bond donors (Lipinski definition) is 1. The van der Waals surface area contributed by atoms with Crippen molar-refractivity contribution < 1.29 is 9.53 Å². The zero-order valence-electron chi connectivity index (χ0n) is 18.3. The van der Waals surface area contributed by atoms with Crippen LogP contribution in [0.25, 0.3) is 11.3 Å². The van der Waals surface area contributed by atoms with Gasteiger partial charge in [-0.2, -0.15) is 0 Å². The Balaban J connectivity index is 1.56. The molecule has 1 aliphatic rings. The highest BCUT2D eigenvalue weighted by Gasteiger charge is 2.19. The van der Waals surface area contributed by atoms with E-state index in [1.54, 1.807) is 13.3 Å². The van der Waals surface area contributed by atoms with E-state index < -0.39 is 0 Å². The number of anilines is 1. The number of methoxy groups -OCH3 is 1. The maximum absolute atomic E-state index is 12.7. The minimum Gasteiger partial charge on any atom is -0.497 e. The van der Waals surface area contributed by atoms with Crippen molar-refractivity contribution in [1.82, 2.24) is 9.97 Å². The molecule has 0 unspecified atom stereocenters. The van der Waals surface area contributed by atoms with Gasteiger partial charge in [-0.15, -0.1) is 0 Å². The standard InChI is InChI=1S/C26H28IN3O2/c1-32-22-13-9-20(10-14-22)24-17-28-26(23(29-24)15-18-5-3-2-4-6-18)30-25(31)16-19-7-11-21(27)12-8-19/h7-14,17-18H,2-6,15-16H2,1H3,(H,28,30,31). The van der Waals surface area contributed by atoms with E-state index in [-0.39, 0.29) is 5.91 Å². The molecule has 1 saturated carbocycles. The lowest BCUT2D eigenvalue weighted by Gasteiger charge is -2.22. The van der Waals surface area contributed by atoms with Crippen molar-refractivity contribution in [2.75, 3.05) is 12.4 Å². The monoisotopic (exact) mass is 541 g/mol. The molecular weight excluding hydrogens is 513 g/mol. The average molecular weight is 541 g/mol. The summed E-state index contributed by atoms with van der Waals surface area (Å²) in [7, 11) is 1.66. The van der Waals surface area contributed by atoms with Crippen molar-refractivity contribution in [2.24, 2.45) is 5.92 Å². The molecule has 5 nitrogen and oxygen atoms in total. The van der Waals surface area contributed by atoms with Crippen LogP contribution in [-0.4, -0.2) is 23.0 Å². The van der Waals surface area contributed by atoms with Gasteiger partial charge in [-0.1, -0.05) is 44.2 Å². The van der Waals surface area contributed by atoms with Gasteiger partial charge in [0.05, 0.1) is 31.1 Å². The Morgan fingerprint density at radius 3 is 2.47 bits per heavy atom. The van der Waals surface area contributed by atoms with Gasteiger partial charge in [0, 0.05) is 9.13 Å². The summed E-state index contributed by atoms with van der Waals surface area (Å²) < 4.78 is 6.42. The second-order valence-electron chi connectivity index (χ2n) is 8.34. The smallest absolute Gasteiger partial charge is 0.229 e. The van der Waals surface area contributed by atoms with Gasteiger partial charge in [-0.25, -0.2) is 9.97 Å². The summed E-state index contributed by atoms with van der Waals surface area (Å²) in [6, 6.07) is 15.8. The maximum atomic E-state index is 12.7. The Morgan fingerprint density at radius 1 is 1.06 bits per heavy atom. The fraction of sp³-hybridized carbons (Fsp3) is 0.346. The first-order valence-electron chi connectivity index (χ1n) is 11.2. The second kappa shape index (κ2) is 10.9. The van der Waals surface area contributed by atoms with Crippen molar-refractivity contribution in [3.63, 3.8) is 0 Å². The van der Waals surface area contributed by atoms with E-state index in [1.807, 2.05) is 48.5 Å². The number of aromatic nitrogens is 2. The third kappa shape index (κ3) is 6.06. The quantitative estimate of drug-likeness (QED) is 0.370. The Kier molecular flexibility index (Phi) is 7.73. The molecule has 1 heterocycles. The molecule has 4 rings (SSSR count). The molecule has 0 spiro atoms. The lowest BCUT2D eigenvalue weighted by Crippen LogP contribution is -2.19. The van der Waals surface area contributed by atoms with Crippen LogP contribution < -0.4 is 10.1 Å². The normalized spacial score (nSPS) is 14.2. The van der Waals surface area contributed by atoms with Gasteiger partial charge in [-0.05, 0) is 76.9 Å². The highest BCUT2D eigenvalue weighted by molar-refractivity contribution is 14.1. The number of benzene rings is 2. The predicted octanol–water partition coefficient (Wildman–Crippen LogP) is 6.06. The molecule has 2 aromatic carbocycles. The van der Waals surface area contributed by atoms with Crippen LogP contribution >= 0.6 is 22.6 Å². The first-order valence-corrected chi connectivity index (χ1v) is 12.2. The van der Waals surface area contributed by atoms with Gasteiger partial charge in [0.25, 0.3) is 0 Å². The number of carbonyl (C=O) groups excluding carboxylic acids is 1. The first-order chi connectivity index (χ1) is 15.6. The largest absolute Gasteiger partial charge is 0.497 e. The fourth-order valence-corrected chi connectivity index (χ4v) is 4.56. The first kappa shape index (κ1) is 22.7. The predicted molar refractivity (Wildman–Crippen MR) is 136 cm³/mol. The molecule has 1 N–H and O–H groups in total. The molecule has 0 radical (unpaired) electrons. The van der Waals surface area contributed by atoms with Crippen LogP contribution in [0.3, 0.4) is 0 Å². The lowest BCUT2D eigenvalue weighted by atomic mass is 9.86. The number of hydrogen-bond acceptors (Lipinski definition) is 4. The zero-order valence-corrected chi connectivity index (χ0v) is 20.5. The molecule has 6 heteroatoms. The SMILES string of the molecule is COc1ccc(-c2cnc(NC(=O)Cc3ccc(I)cc3)c(CC3CCCCC3)n2)cc1. The lowest BCUT2D eigenvalue weighted by molar-refractivity contribution is -0.115. The van der Waals surface area contributed by atoms with Crippen molar-refractivity contribution in [3.05, 3.63) is 69.6 Å². The highest BCUT2D eigenvalue weighted by Crippen LogP contribution is 2.29. The van der Waals surface area contributed by atoms with Crippen molar-refractivity contribution in [3.8, 4) is 17.0 Å². The van der Waals surface area contributed by atoms with Crippen LogP contribution in [0.5, 0.6) is 5.75 Å². The summed E-state index contributed by atoms with van der Waals surface area (Å²) in [6.07, 6.45) is 9.18. The number of nitrogens with one attached hydrogen (secondary N) is 1. The summed E-state index contributed by atoms with van der Waals surface area (Å²) >= 11 is 2.26. The molecule has 0 aliphatic heterocycles. The van der Waals surface area contributed by atoms with Crippen LogP contribution in [0, 0.1) is 9.49 Å². The number of carbonyl (C=O) groups is 1. The van der Waals surface area contributed by atoms with Crippen LogP contribution in [0.4, 0.5) is 5.82 Å². The van der Waals surface area contributed by atoms with E-state index in [2.05, 4.69) is 32.9 Å². The Bertz CT molecular complexity index is 1050. The topological polar surface area (TPSA) is 64.1 Å². The molecule has 3 aromatic rings. The molecular formula is C26H28IN3O2. The van der Waals surface area contributed by atoms with E-state index in [1.165, 1.54) is 32.1 Å². The Hall–Kier alpha value is -2.48. The van der Waals surface area contributed by atoms with Gasteiger partial charge in [0.1, 0.15) is 5.75 Å². The minimum atomic E-state index is -0.0670. The van der Waals surface area contributed by atoms with E-state index in [0.29, 0.717) is 18.2 Å². The van der Waals surface area contributed by atoms with E-state index >= 15 is 0 Å². The van der Waals surface area contributed by atoms with Gasteiger partial charge >= 0.3 is 0 Å². The molecule has 1 amide bonds. The number of halogens is 1. The van der Waals surface area contributed by atoms with Crippen LogP contribution in [0.2, 0.25) is 0 Å². The summed E-state index contributed by atoms with van der Waals surface area (Å²) in [6.45, 7) is 0. The maximum Gasteiger partial charge on any atom is 0.229 e. The van der Waals surface area contributed by atoms with Crippen LogP contribution in [-0.2, 0) is 17.6 Å². The molecule has 0 atom stereocenters. The molecule has 1 fully saturated rings. The van der Waals surface area contributed by atoms with E-state index in [9.17, 15) is 4.79 Å². The minimum absolute atomic E-state index is 0.0670. The number of rotatable bonds is 7. The molecule has 0 saturated heterocycles. The zero-order chi connectivity index (χ0) is 22.3. The highest BCUT2D eigenvalue weighted by atomic mass is 127. The van der Waals surface area contributed by atoms with Gasteiger partial charge in [-0.3, -0.25) is 4.79 Å². The van der Waals surface area contributed by atoms with Crippen LogP contribution in [0.1, 0.15) is 43.4 Å². The van der Waals surface area contributed by atoms with E-state index in [4.69, 9.17) is 9.72 Å². The average Bonchev–Trinajstić information content (AvgIpc) is 2.82. The fourth-order valence-electron chi connectivity index (χ4n) is 4.20. The third-order valence-electron chi connectivity index (χ3n) is 5.97. The summed E-state index contributed by atoms with van der Waals surface area (Å²) in [5, 5.41) is 3.03. The van der Waals surface area contributed by atoms with Gasteiger partial charge in [0.15, 0.2) is 5.82 Å². The number of nitrogens with zero attached hydrogens (tertiary/aromatic N) is 2. The van der Waals surface area contributed by atoms with Crippen molar-refractivity contribution >= 4 is 34.3 Å². The molecule has 1 aromatic heterocycles. The van der Waals surface area contributed by atoms with Crippen molar-refractivity contribution in [1.29, 1.82) is 0 Å². The Labute approximate surface area is 203 Å². The molecule has 0 bridgehead atoms. The van der Waals surface area contributed by atoms with Crippen LogP contribution in [0.15, 0.2) is 54.7 Å². The van der Waals surface area contributed by atoms with E-state index in [0.717, 1.165) is 38.3 Å². The second-order valence-corrected chi connectivity index (χ2v) is 9.58. The molecule has 1 aliphatic carbocycles. The molecule has 32 heavy (non-hydrogen) atoms. The van der Waals surface area contributed by atoms with Crippen molar-refractivity contribution in [2.45, 2.75) is 44.9 Å². The number of amides is 1. The summed E-state index contributed by atoms with van der Waals surface area (Å²) in [4.78, 5) is 22.3. The van der Waals surface area contributed by atoms with Gasteiger partial charge in [0.2, 0.25) is 5.91 Å².